The van der Waals surface area contributed by atoms with E-state index < -0.39 is 18.1 Å². The molecular formula is C18H18BrNO5. The van der Waals surface area contributed by atoms with E-state index in [1.165, 1.54) is 7.11 Å². The van der Waals surface area contributed by atoms with Crippen LogP contribution in [0.25, 0.3) is 0 Å². The summed E-state index contributed by atoms with van der Waals surface area (Å²) in [6, 6.07) is 13.3. The van der Waals surface area contributed by atoms with Crippen molar-refractivity contribution >= 4 is 28.0 Å². The van der Waals surface area contributed by atoms with Crippen molar-refractivity contribution in [3.05, 3.63) is 64.1 Å². The lowest BCUT2D eigenvalue weighted by molar-refractivity contribution is -0.139. The molecule has 2 rings (SSSR count). The van der Waals surface area contributed by atoms with Crippen molar-refractivity contribution in [2.75, 3.05) is 7.11 Å². The smallest absolute Gasteiger partial charge is 0.408 e. The Labute approximate surface area is 153 Å². The third kappa shape index (κ3) is 5.79. The monoisotopic (exact) mass is 407 g/mol. The van der Waals surface area contributed by atoms with Crippen LogP contribution in [0, 0.1) is 0 Å². The van der Waals surface area contributed by atoms with Crippen LogP contribution in [-0.2, 0) is 22.6 Å². The van der Waals surface area contributed by atoms with E-state index in [0.717, 1.165) is 10.0 Å². The van der Waals surface area contributed by atoms with Crippen molar-refractivity contribution in [2.45, 2.75) is 19.1 Å². The Morgan fingerprint density at radius 3 is 2.56 bits per heavy atom. The number of aliphatic carboxylic acids is 1. The van der Waals surface area contributed by atoms with Gasteiger partial charge in [0.05, 0.1) is 7.11 Å². The molecule has 0 aliphatic heterocycles. The predicted molar refractivity (Wildman–Crippen MR) is 95.6 cm³/mol. The van der Waals surface area contributed by atoms with Crippen LogP contribution in [0.3, 0.4) is 0 Å². The third-order valence-corrected chi connectivity index (χ3v) is 3.96. The van der Waals surface area contributed by atoms with Gasteiger partial charge in [0.1, 0.15) is 18.4 Å². The molecule has 132 valence electrons. The predicted octanol–water partition coefficient (Wildman–Crippen LogP) is 3.38. The van der Waals surface area contributed by atoms with Gasteiger partial charge in [0.25, 0.3) is 0 Å². The number of amides is 1. The fourth-order valence-electron chi connectivity index (χ4n) is 2.23. The molecule has 0 heterocycles. The molecule has 1 amide bonds. The SMILES string of the molecule is COc1ccc(Br)cc1CC(NC(=O)OCc1ccccc1)C(=O)O. The topological polar surface area (TPSA) is 84.9 Å². The largest absolute Gasteiger partial charge is 0.496 e. The molecule has 25 heavy (non-hydrogen) atoms. The van der Waals surface area contributed by atoms with Gasteiger partial charge in [0, 0.05) is 10.9 Å². The lowest BCUT2D eigenvalue weighted by Crippen LogP contribution is -2.42. The molecule has 0 radical (unpaired) electrons. The normalized spacial score (nSPS) is 11.4. The number of carboxylic acid groups (broad SMARTS) is 1. The average Bonchev–Trinajstić information content (AvgIpc) is 2.60. The van der Waals surface area contributed by atoms with E-state index in [1.54, 1.807) is 18.2 Å². The van der Waals surface area contributed by atoms with Crippen molar-refractivity contribution in [3.63, 3.8) is 0 Å². The van der Waals surface area contributed by atoms with Gasteiger partial charge in [-0.15, -0.1) is 0 Å². The van der Waals surface area contributed by atoms with Gasteiger partial charge in [0.15, 0.2) is 0 Å². The van der Waals surface area contributed by atoms with Crippen LogP contribution in [0.4, 0.5) is 4.79 Å². The molecule has 2 aromatic carbocycles. The summed E-state index contributed by atoms with van der Waals surface area (Å²) in [5.41, 5.74) is 1.48. The van der Waals surface area contributed by atoms with E-state index in [2.05, 4.69) is 21.2 Å². The average molecular weight is 408 g/mol. The van der Waals surface area contributed by atoms with E-state index in [-0.39, 0.29) is 13.0 Å². The molecule has 6 nitrogen and oxygen atoms in total. The third-order valence-electron chi connectivity index (χ3n) is 3.47. The maximum Gasteiger partial charge on any atom is 0.408 e. The number of carbonyl (C=O) groups excluding carboxylic acids is 1. The first kappa shape index (κ1) is 18.8. The molecule has 1 unspecified atom stereocenters. The summed E-state index contributed by atoms with van der Waals surface area (Å²) in [5, 5.41) is 11.8. The van der Waals surface area contributed by atoms with Crippen LogP contribution in [0.5, 0.6) is 5.75 Å². The molecule has 0 saturated heterocycles. The second-order valence-electron chi connectivity index (χ2n) is 5.26. The number of hydrogen-bond donors (Lipinski definition) is 2. The molecule has 0 aliphatic rings. The minimum Gasteiger partial charge on any atom is -0.496 e. The van der Waals surface area contributed by atoms with E-state index in [4.69, 9.17) is 9.47 Å². The second kappa shape index (κ2) is 9.08. The van der Waals surface area contributed by atoms with Gasteiger partial charge in [-0.05, 0) is 29.3 Å². The summed E-state index contributed by atoms with van der Waals surface area (Å²) in [5.74, 6) is -0.604. The molecule has 0 bridgehead atoms. The number of hydrogen-bond acceptors (Lipinski definition) is 4. The number of ether oxygens (including phenoxy) is 2. The summed E-state index contributed by atoms with van der Waals surface area (Å²) < 4.78 is 11.1. The fourth-order valence-corrected chi connectivity index (χ4v) is 2.64. The Kier molecular flexibility index (Phi) is 6.82. The van der Waals surface area contributed by atoms with Crippen LogP contribution in [0.15, 0.2) is 53.0 Å². The highest BCUT2D eigenvalue weighted by Gasteiger charge is 2.23. The maximum atomic E-state index is 11.9. The zero-order valence-electron chi connectivity index (χ0n) is 13.6. The Hall–Kier alpha value is -2.54. The number of carbonyl (C=O) groups is 2. The minimum absolute atomic E-state index is 0.0678. The van der Waals surface area contributed by atoms with E-state index in [1.807, 2.05) is 30.3 Å². The first-order valence-electron chi connectivity index (χ1n) is 7.52. The van der Waals surface area contributed by atoms with Gasteiger partial charge in [-0.3, -0.25) is 0 Å². The van der Waals surface area contributed by atoms with E-state index >= 15 is 0 Å². The zero-order chi connectivity index (χ0) is 18.2. The molecule has 2 aromatic rings. The Morgan fingerprint density at radius 2 is 1.92 bits per heavy atom. The standard InChI is InChI=1S/C18H18BrNO5/c1-24-16-8-7-14(19)9-13(16)10-15(17(21)22)20-18(23)25-11-12-5-3-2-4-6-12/h2-9,15H,10-11H2,1H3,(H,20,23)(H,21,22). The second-order valence-corrected chi connectivity index (χ2v) is 6.17. The molecule has 7 heteroatoms. The summed E-state index contributed by atoms with van der Waals surface area (Å²) >= 11 is 3.34. The number of nitrogens with one attached hydrogen (secondary N) is 1. The van der Waals surface area contributed by atoms with Gasteiger partial charge in [-0.25, -0.2) is 9.59 Å². The highest BCUT2D eigenvalue weighted by Crippen LogP contribution is 2.24. The fraction of sp³-hybridized carbons (Fsp3) is 0.222. The van der Waals surface area contributed by atoms with Gasteiger partial charge < -0.3 is 19.9 Å². The molecule has 0 saturated carbocycles. The number of rotatable bonds is 7. The molecule has 0 spiro atoms. The first-order chi connectivity index (χ1) is 12.0. The molecule has 0 fully saturated rings. The van der Waals surface area contributed by atoms with Gasteiger partial charge in [-0.2, -0.15) is 0 Å². The van der Waals surface area contributed by atoms with Crippen molar-refractivity contribution in [1.29, 1.82) is 0 Å². The highest BCUT2D eigenvalue weighted by molar-refractivity contribution is 9.10. The summed E-state index contributed by atoms with van der Waals surface area (Å²) in [6.45, 7) is 0.0687. The number of carboxylic acids is 1. The summed E-state index contributed by atoms with van der Waals surface area (Å²) in [6.07, 6.45) is -0.719. The van der Waals surface area contributed by atoms with Gasteiger partial charge in [0.2, 0.25) is 0 Å². The Morgan fingerprint density at radius 1 is 1.20 bits per heavy atom. The van der Waals surface area contributed by atoms with Crippen LogP contribution >= 0.6 is 15.9 Å². The van der Waals surface area contributed by atoms with Crippen molar-refractivity contribution in [3.8, 4) is 5.75 Å². The van der Waals surface area contributed by atoms with Gasteiger partial charge >= 0.3 is 12.1 Å². The van der Waals surface area contributed by atoms with Crippen LogP contribution in [0.1, 0.15) is 11.1 Å². The maximum absolute atomic E-state index is 11.9. The van der Waals surface area contributed by atoms with Crippen LogP contribution < -0.4 is 10.1 Å². The summed E-state index contributed by atoms with van der Waals surface area (Å²) in [7, 11) is 1.50. The molecule has 0 aromatic heterocycles. The van der Waals surface area contributed by atoms with Crippen LogP contribution in [0.2, 0.25) is 0 Å². The minimum atomic E-state index is -1.15. The van der Waals surface area contributed by atoms with Crippen LogP contribution in [-0.4, -0.2) is 30.3 Å². The quantitative estimate of drug-likeness (QED) is 0.734. The molecular weight excluding hydrogens is 390 g/mol. The number of alkyl carbamates (subject to hydrolysis) is 1. The van der Waals surface area contributed by atoms with Crippen molar-refractivity contribution in [1.82, 2.24) is 5.32 Å². The molecule has 1 atom stereocenters. The zero-order valence-corrected chi connectivity index (χ0v) is 15.2. The number of methoxy groups -OCH3 is 1. The van der Waals surface area contributed by atoms with Crippen molar-refractivity contribution in [2.24, 2.45) is 0 Å². The number of benzene rings is 2. The summed E-state index contributed by atoms with van der Waals surface area (Å²) in [4.78, 5) is 23.4. The Balaban J connectivity index is 2.00. The highest BCUT2D eigenvalue weighted by atomic mass is 79.9. The Bertz CT molecular complexity index is 736. The molecule has 0 aliphatic carbocycles. The van der Waals surface area contributed by atoms with Gasteiger partial charge in [-0.1, -0.05) is 46.3 Å². The lowest BCUT2D eigenvalue weighted by Gasteiger charge is -2.16. The van der Waals surface area contributed by atoms with E-state index in [9.17, 15) is 14.7 Å². The molecule has 2 N–H and O–H groups in total. The lowest BCUT2D eigenvalue weighted by atomic mass is 10.1. The number of halogens is 1. The van der Waals surface area contributed by atoms with Crippen molar-refractivity contribution < 1.29 is 24.2 Å². The first-order valence-corrected chi connectivity index (χ1v) is 8.31. The van der Waals surface area contributed by atoms with E-state index in [0.29, 0.717) is 11.3 Å².